The zero-order valence-corrected chi connectivity index (χ0v) is 11.5. The minimum atomic E-state index is -0.280. The molecule has 1 aromatic heterocycles. The number of hydrazine groups is 1. The van der Waals surface area contributed by atoms with Crippen LogP contribution < -0.4 is 16.6 Å². The minimum absolute atomic E-state index is 0.164. The Morgan fingerprint density at radius 1 is 1.47 bits per heavy atom. The Bertz CT molecular complexity index is 452. The Morgan fingerprint density at radius 2 is 2.16 bits per heavy atom. The summed E-state index contributed by atoms with van der Waals surface area (Å²) in [5, 5.41) is 13.0. The molecule has 0 radical (unpaired) electrons. The van der Waals surface area contributed by atoms with Crippen molar-refractivity contribution in [2.24, 2.45) is 11.3 Å². The molecule has 5 N–H and O–H groups in total. The van der Waals surface area contributed by atoms with Crippen molar-refractivity contribution >= 4 is 11.6 Å². The number of ether oxygens (including phenoxy) is 1. The van der Waals surface area contributed by atoms with E-state index in [-0.39, 0.29) is 17.6 Å². The van der Waals surface area contributed by atoms with E-state index in [0.717, 1.165) is 0 Å². The molecular formula is C12H21N5O2. The van der Waals surface area contributed by atoms with Crippen LogP contribution >= 0.6 is 0 Å². The van der Waals surface area contributed by atoms with Gasteiger partial charge >= 0.3 is 0 Å². The van der Waals surface area contributed by atoms with Gasteiger partial charge in [0.1, 0.15) is 18.2 Å². The second-order valence-corrected chi connectivity index (χ2v) is 5.40. The van der Waals surface area contributed by atoms with Crippen molar-refractivity contribution < 1.29 is 9.84 Å². The zero-order chi connectivity index (χ0) is 14.0. The topological polar surface area (TPSA) is 105 Å². The molecule has 2 rings (SSSR count). The molecule has 106 valence electrons. The van der Waals surface area contributed by atoms with Gasteiger partial charge in [0.2, 0.25) is 0 Å². The van der Waals surface area contributed by atoms with Crippen LogP contribution in [0, 0.1) is 5.41 Å². The summed E-state index contributed by atoms with van der Waals surface area (Å²) in [6.07, 6.45) is 0.430. The fourth-order valence-corrected chi connectivity index (χ4v) is 2.16. The number of hydrogen-bond acceptors (Lipinski definition) is 7. The number of hydrogen-bond donors (Lipinski definition) is 4. The maximum absolute atomic E-state index is 9.74. The molecule has 0 bridgehead atoms. The van der Waals surface area contributed by atoms with Crippen molar-refractivity contribution in [2.45, 2.75) is 39.0 Å². The Hall–Kier alpha value is -1.44. The van der Waals surface area contributed by atoms with Crippen molar-refractivity contribution in [3.05, 3.63) is 11.9 Å². The second-order valence-electron chi connectivity index (χ2n) is 5.40. The van der Waals surface area contributed by atoms with Crippen LogP contribution in [0.15, 0.2) is 6.07 Å². The molecule has 0 amide bonds. The van der Waals surface area contributed by atoms with Crippen LogP contribution in [0.1, 0.15) is 26.1 Å². The van der Waals surface area contributed by atoms with Crippen LogP contribution in [-0.4, -0.2) is 34.3 Å². The lowest BCUT2D eigenvalue weighted by Crippen LogP contribution is -2.57. The van der Waals surface area contributed by atoms with Crippen LogP contribution in [0.2, 0.25) is 0 Å². The highest BCUT2D eigenvalue weighted by molar-refractivity contribution is 5.48. The zero-order valence-electron chi connectivity index (χ0n) is 11.5. The number of methoxy groups -OCH3 is 1. The number of aliphatic hydroxyl groups is 1. The normalized spacial score (nSPS) is 24.7. The monoisotopic (exact) mass is 267 g/mol. The Kier molecular flexibility index (Phi) is 3.88. The maximum atomic E-state index is 9.74. The van der Waals surface area contributed by atoms with Crippen LogP contribution in [0.4, 0.5) is 11.6 Å². The van der Waals surface area contributed by atoms with Gasteiger partial charge in [0.15, 0.2) is 5.82 Å². The molecule has 2 unspecified atom stereocenters. The van der Waals surface area contributed by atoms with Crippen molar-refractivity contribution in [3.8, 4) is 0 Å². The molecule has 1 fully saturated rings. The van der Waals surface area contributed by atoms with Crippen molar-refractivity contribution in [1.29, 1.82) is 0 Å². The third-order valence-electron chi connectivity index (χ3n) is 3.73. The highest BCUT2D eigenvalue weighted by Crippen LogP contribution is 2.42. The van der Waals surface area contributed by atoms with Crippen LogP contribution in [0.25, 0.3) is 0 Å². The fourth-order valence-electron chi connectivity index (χ4n) is 2.16. The predicted molar refractivity (Wildman–Crippen MR) is 72.4 cm³/mol. The Morgan fingerprint density at radius 3 is 2.68 bits per heavy atom. The largest absolute Gasteiger partial charge is 0.392 e. The molecular weight excluding hydrogens is 246 g/mol. The number of anilines is 2. The smallest absolute Gasteiger partial charge is 0.158 e. The number of nitrogens with zero attached hydrogens (tertiary/aromatic N) is 2. The molecule has 7 heteroatoms. The van der Waals surface area contributed by atoms with Crippen LogP contribution in [0.5, 0.6) is 0 Å². The van der Waals surface area contributed by atoms with Gasteiger partial charge in [-0.3, -0.25) is 0 Å². The van der Waals surface area contributed by atoms with E-state index in [2.05, 4.69) is 20.7 Å². The number of nitrogens with one attached hydrogen (secondary N) is 2. The lowest BCUT2D eigenvalue weighted by molar-refractivity contribution is -0.0511. The molecule has 1 aromatic rings. The molecule has 1 aliphatic carbocycles. The van der Waals surface area contributed by atoms with Crippen LogP contribution in [-0.2, 0) is 11.3 Å². The minimum Gasteiger partial charge on any atom is -0.392 e. The number of rotatable bonds is 5. The summed E-state index contributed by atoms with van der Waals surface area (Å²) in [6, 6.07) is 1.92. The number of aliphatic hydroxyl groups excluding tert-OH is 1. The van der Waals surface area contributed by atoms with Gasteiger partial charge in [-0.05, 0) is 6.42 Å². The van der Waals surface area contributed by atoms with E-state index in [4.69, 9.17) is 10.6 Å². The summed E-state index contributed by atoms with van der Waals surface area (Å²) in [5.41, 5.74) is 2.34. The molecule has 0 saturated heterocycles. The van der Waals surface area contributed by atoms with Gasteiger partial charge in [-0.15, -0.1) is 0 Å². The van der Waals surface area contributed by atoms with Gasteiger partial charge in [0.05, 0.1) is 6.10 Å². The molecule has 19 heavy (non-hydrogen) atoms. The average molecular weight is 267 g/mol. The second kappa shape index (κ2) is 5.28. The first-order chi connectivity index (χ1) is 8.97. The van der Waals surface area contributed by atoms with Crippen molar-refractivity contribution in [2.75, 3.05) is 17.9 Å². The standard InChI is InChI=1S/C12H21N5O2/c1-12(2)7(4-8(12)18)14-9-5-10(17-13)16-11(15-9)6-19-3/h5,7-8,18H,4,6,13H2,1-3H3,(H2,14,15,16,17). The van der Waals surface area contributed by atoms with E-state index in [1.807, 2.05) is 13.8 Å². The first kappa shape index (κ1) is 14.0. The highest BCUT2D eigenvalue weighted by atomic mass is 16.5. The van der Waals surface area contributed by atoms with Gasteiger partial charge in [-0.2, -0.15) is 0 Å². The number of aromatic nitrogens is 2. The van der Waals surface area contributed by atoms with E-state index < -0.39 is 0 Å². The summed E-state index contributed by atoms with van der Waals surface area (Å²) in [7, 11) is 1.59. The van der Waals surface area contributed by atoms with E-state index in [9.17, 15) is 5.11 Å². The molecule has 2 atom stereocenters. The molecule has 0 spiro atoms. The fraction of sp³-hybridized carbons (Fsp3) is 0.667. The van der Waals surface area contributed by atoms with Crippen LogP contribution in [0.3, 0.4) is 0 Å². The quantitative estimate of drug-likeness (QED) is 0.454. The molecule has 0 aromatic carbocycles. The summed E-state index contributed by atoms with van der Waals surface area (Å²) in [4.78, 5) is 8.54. The Labute approximate surface area is 112 Å². The lowest BCUT2D eigenvalue weighted by Gasteiger charge is -2.49. The van der Waals surface area contributed by atoms with Gasteiger partial charge in [0, 0.05) is 24.6 Å². The molecule has 1 aliphatic rings. The van der Waals surface area contributed by atoms with E-state index in [1.54, 1.807) is 13.2 Å². The predicted octanol–water partition coefficient (Wildman–Crippen LogP) is 0.480. The summed E-state index contributed by atoms with van der Waals surface area (Å²) >= 11 is 0. The summed E-state index contributed by atoms with van der Waals surface area (Å²) in [6.45, 7) is 4.37. The number of nitrogens with two attached hydrogens (primary N) is 1. The van der Waals surface area contributed by atoms with Crippen molar-refractivity contribution in [1.82, 2.24) is 9.97 Å². The third kappa shape index (κ3) is 2.78. The van der Waals surface area contributed by atoms with Crippen molar-refractivity contribution in [3.63, 3.8) is 0 Å². The van der Waals surface area contributed by atoms with Gasteiger partial charge in [0.25, 0.3) is 0 Å². The highest BCUT2D eigenvalue weighted by Gasteiger charge is 2.47. The molecule has 1 heterocycles. The molecule has 7 nitrogen and oxygen atoms in total. The number of nitrogen functional groups attached to an aromatic ring is 1. The Balaban J connectivity index is 2.13. The summed E-state index contributed by atoms with van der Waals surface area (Å²) < 4.78 is 5.02. The SMILES string of the molecule is COCc1nc(NN)cc(NC2CC(O)C2(C)C)n1. The van der Waals surface area contributed by atoms with Gasteiger partial charge in [-0.25, -0.2) is 15.8 Å². The summed E-state index contributed by atoms with van der Waals surface area (Å²) in [5.74, 6) is 7.15. The lowest BCUT2D eigenvalue weighted by atomic mass is 9.64. The maximum Gasteiger partial charge on any atom is 0.158 e. The first-order valence-corrected chi connectivity index (χ1v) is 6.25. The molecule has 0 aliphatic heterocycles. The van der Waals surface area contributed by atoms with E-state index in [1.165, 1.54) is 0 Å². The van der Waals surface area contributed by atoms with E-state index in [0.29, 0.717) is 30.5 Å². The third-order valence-corrected chi connectivity index (χ3v) is 3.73. The van der Waals surface area contributed by atoms with Gasteiger partial charge < -0.3 is 20.6 Å². The molecule has 1 saturated carbocycles. The van der Waals surface area contributed by atoms with Gasteiger partial charge in [-0.1, -0.05) is 13.8 Å². The average Bonchev–Trinajstić information content (AvgIpc) is 2.38. The first-order valence-electron chi connectivity index (χ1n) is 6.25. The van der Waals surface area contributed by atoms with E-state index >= 15 is 0 Å².